The Bertz CT molecular complexity index is 751. The molecule has 4 rings (SSSR count). The van der Waals surface area contributed by atoms with Crippen molar-refractivity contribution in [2.75, 3.05) is 31.1 Å². The fourth-order valence-corrected chi connectivity index (χ4v) is 4.51. The van der Waals surface area contributed by atoms with E-state index >= 15 is 0 Å². The second kappa shape index (κ2) is 8.75. The van der Waals surface area contributed by atoms with Gasteiger partial charge in [-0.2, -0.15) is 0 Å². The van der Waals surface area contributed by atoms with E-state index in [0.29, 0.717) is 24.9 Å². The van der Waals surface area contributed by atoms with E-state index in [2.05, 4.69) is 10.6 Å². The van der Waals surface area contributed by atoms with E-state index in [-0.39, 0.29) is 24.5 Å². The Hall–Kier alpha value is -2.06. The highest BCUT2D eigenvalue weighted by molar-refractivity contribution is 6.01. The lowest BCUT2D eigenvalue weighted by atomic mass is 9.89. The van der Waals surface area contributed by atoms with Gasteiger partial charge in [0.05, 0.1) is 18.1 Å². The molecule has 0 radical (unpaired) electrons. The molecule has 0 spiro atoms. The quantitative estimate of drug-likeness (QED) is 0.749. The van der Waals surface area contributed by atoms with Crippen LogP contribution in [0.2, 0.25) is 0 Å². The number of nitrogens with zero attached hydrogens (tertiary/aromatic N) is 1. The zero-order valence-corrected chi connectivity index (χ0v) is 16.4. The summed E-state index contributed by atoms with van der Waals surface area (Å²) in [5, 5.41) is 5.48. The lowest BCUT2D eigenvalue weighted by molar-refractivity contribution is -0.134. The van der Waals surface area contributed by atoms with Crippen LogP contribution in [0.15, 0.2) is 12.1 Å². The average molecular weight is 407 g/mol. The van der Waals surface area contributed by atoms with Crippen LogP contribution in [0.5, 0.6) is 0 Å². The molecule has 6 nitrogen and oxygen atoms in total. The number of hydrogen-bond donors (Lipinski definition) is 2. The molecule has 1 aromatic carbocycles. The van der Waals surface area contributed by atoms with Gasteiger partial charge in [-0.15, -0.1) is 0 Å². The maximum absolute atomic E-state index is 14.7. The third-order valence-corrected chi connectivity index (χ3v) is 6.13. The van der Waals surface area contributed by atoms with Gasteiger partial charge in [0.25, 0.3) is 0 Å². The molecule has 0 aliphatic carbocycles. The van der Waals surface area contributed by atoms with Crippen molar-refractivity contribution in [1.29, 1.82) is 0 Å². The van der Waals surface area contributed by atoms with Gasteiger partial charge < -0.3 is 15.0 Å². The lowest BCUT2D eigenvalue weighted by Gasteiger charge is -2.36. The predicted octanol–water partition coefficient (Wildman–Crippen LogP) is 2.22. The minimum absolute atomic E-state index is 0.0849. The van der Waals surface area contributed by atoms with Gasteiger partial charge in [-0.05, 0) is 57.3 Å². The topological polar surface area (TPSA) is 70.7 Å². The third kappa shape index (κ3) is 4.59. The van der Waals surface area contributed by atoms with Crippen LogP contribution in [0.3, 0.4) is 0 Å². The predicted molar refractivity (Wildman–Crippen MR) is 104 cm³/mol. The van der Waals surface area contributed by atoms with Crippen molar-refractivity contribution >= 4 is 17.5 Å². The first-order valence-corrected chi connectivity index (χ1v) is 10.4. The molecule has 1 atom stereocenters. The molecule has 3 saturated heterocycles. The zero-order valence-electron chi connectivity index (χ0n) is 16.4. The van der Waals surface area contributed by atoms with Gasteiger partial charge in [0.15, 0.2) is 0 Å². The molecule has 3 heterocycles. The first kappa shape index (κ1) is 20.2. The lowest BCUT2D eigenvalue weighted by Crippen LogP contribution is -2.41. The normalized spacial score (nSPS) is 24.6. The van der Waals surface area contributed by atoms with Crippen molar-refractivity contribution < 1.29 is 23.1 Å². The number of benzene rings is 1. The number of ether oxygens (including phenoxy) is 1. The van der Waals surface area contributed by atoms with Gasteiger partial charge in [0.1, 0.15) is 11.6 Å². The van der Waals surface area contributed by atoms with Crippen molar-refractivity contribution in [2.24, 2.45) is 0 Å². The molecule has 8 heteroatoms. The second-order valence-electron chi connectivity index (χ2n) is 8.10. The Morgan fingerprint density at radius 3 is 2.17 bits per heavy atom. The molecule has 0 aromatic heterocycles. The Kier molecular flexibility index (Phi) is 6.10. The summed E-state index contributed by atoms with van der Waals surface area (Å²) < 4.78 is 35.7. The van der Waals surface area contributed by atoms with Gasteiger partial charge >= 0.3 is 0 Å². The summed E-state index contributed by atoms with van der Waals surface area (Å²) >= 11 is 0. The van der Waals surface area contributed by atoms with Crippen molar-refractivity contribution in [3.05, 3.63) is 29.3 Å². The summed E-state index contributed by atoms with van der Waals surface area (Å²) in [6.45, 7) is 3.32. The molecule has 0 saturated carbocycles. The van der Waals surface area contributed by atoms with Gasteiger partial charge in [-0.3, -0.25) is 14.9 Å². The Balaban J connectivity index is 1.40. The van der Waals surface area contributed by atoms with Gasteiger partial charge in [-0.1, -0.05) is 0 Å². The highest BCUT2D eigenvalue weighted by Gasteiger charge is 2.33. The number of nitrogens with one attached hydrogen (secondary N) is 2. The summed E-state index contributed by atoms with van der Waals surface area (Å²) in [7, 11) is 0. The SMILES string of the molecule is O=C1CCC(c2c(F)cc(N3CCC(OC4CCNCC4)CC3)cc2F)C(=O)N1. The zero-order chi connectivity index (χ0) is 20.4. The van der Waals surface area contributed by atoms with Crippen LogP contribution in [0.25, 0.3) is 0 Å². The van der Waals surface area contributed by atoms with E-state index in [9.17, 15) is 18.4 Å². The van der Waals surface area contributed by atoms with Crippen LogP contribution in [0, 0.1) is 11.6 Å². The molecule has 3 aliphatic heterocycles. The minimum Gasteiger partial charge on any atom is -0.375 e. The Labute approximate surface area is 169 Å². The smallest absolute Gasteiger partial charge is 0.234 e. The number of carbonyl (C=O) groups excluding carboxylic acids is 2. The van der Waals surface area contributed by atoms with E-state index < -0.39 is 29.4 Å². The van der Waals surface area contributed by atoms with E-state index in [1.165, 1.54) is 12.1 Å². The molecule has 0 bridgehead atoms. The maximum Gasteiger partial charge on any atom is 0.234 e. The molecule has 3 aliphatic rings. The van der Waals surface area contributed by atoms with Gasteiger partial charge in [-0.25, -0.2) is 8.78 Å². The number of imide groups is 1. The average Bonchev–Trinajstić information content (AvgIpc) is 2.70. The van der Waals surface area contributed by atoms with Crippen molar-refractivity contribution in [3.8, 4) is 0 Å². The van der Waals surface area contributed by atoms with Gasteiger partial charge in [0.2, 0.25) is 11.8 Å². The van der Waals surface area contributed by atoms with Gasteiger partial charge in [0, 0.05) is 30.8 Å². The minimum atomic E-state index is -0.967. The maximum atomic E-state index is 14.7. The second-order valence-corrected chi connectivity index (χ2v) is 8.10. The summed E-state index contributed by atoms with van der Waals surface area (Å²) in [6, 6.07) is 2.60. The van der Waals surface area contributed by atoms with E-state index in [1.807, 2.05) is 4.90 Å². The number of carbonyl (C=O) groups is 2. The number of anilines is 1. The van der Waals surface area contributed by atoms with Crippen molar-refractivity contribution in [3.63, 3.8) is 0 Å². The van der Waals surface area contributed by atoms with Crippen LogP contribution in [0.1, 0.15) is 50.0 Å². The van der Waals surface area contributed by atoms with E-state index in [4.69, 9.17) is 4.74 Å². The summed E-state index contributed by atoms with van der Waals surface area (Å²) in [4.78, 5) is 25.3. The third-order valence-electron chi connectivity index (χ3n) is 6.13. The first-order chi connectivity index (χ1) is 14.0. The molecule has 1 unspecified atom stereocenters. The number of piperidine rings is 3. The van der Waals surface area contributed by atoms with Crippen LogP contribution in [0.4, 0.5) is 14.5 Å². The van der Waals surface area contributed by atoms with Crippen LogP contribution < -0.4 is 15.5 Å². The van der Waals surface area contributed by atoms with Crippen molar-refractivity contribution in [1.82, 2.24) is 10.6 Å². The summed E-state index contributed by atoms with van der Waals surface area (Å²) in [5.74, 6) is -3.48. The molecular formula is C21H27F2N3O3. The fraction of sp³-hybridized carbons (Fsp3) is 0.619. The van der Waals surface area contributed by atoms with Crippen molar-refractivity contribution in [2.45, 2.75) is 56.7 Å². The molecule has 1 aromatic rings. The largest absolute Gasteiger partial charge is 0.375 e. The molecule has 2 amide bonds. The fourth-order valence-electron chi connectivity index (χ4n) is 4.51. The number of amides is 2. The van der Waals surface area contributed by atoms with Crippen LogP contribution in [-0.2, 0) is 14.3 Å². The monoisotopic (exact) mass is 407 g/mol. The highest BCUT2D eigenvalue weighted by Crippen LogP contribution is 2.33. The highest BCUT2D eigenvalue weighted by atomic mass is 19.1. The van der Waals surface area contributed by atoms with E-state index in [0.717, 1.165) is 38.8 Å². The molecule has 2 N–H and O–H groups in total. The van der Waals surface area contributed by atoms with Crippen LogP contribution in [-0.4, -0.2) is 50.2 Å². The Morgan fingerprint density at radius 2 is 1.55 bits per heavy atom. The molecule has 158 valence electrons. The molecule has 3 fully saturated rings. The number of halogens is 2. The summed E-state index contributed by atoms with van der Waals surface area (Å²) in [6.07, 6.45) is 4.39. The molecule has 29 heavy (non-hydrogen) atoms. The van der Waals surface area contributed by atoms with Crippen LogP contribution >= 0.6 is 0 Å². The van der Waals surface area contributed by atoms with E-state index in [1.54, 1.807) is 0 Å². The Morgan fingerprint density at radius 1 is 0.931 bits per heavy atom. The number of rotatable bonds is 4. The first-order valence-electron chi connectivity index (χ1n) is 10.4. The number of hydrogen-bond acceptors (Lipinski definition) is 5. The molecular weight excluding hydrogens is 380 g/mol. The summed E-state index contributed by atoms with van der Waals surface area (Å²) in [5.41, 5.74) is 0.235. The standard InChI is InChI=1S/C21H27F2N3O3/c22-17-11-13(12-18(23)20(17)16-1-2-19(27)25-21(16)28)26-9-5-15(6-10-26)29-14-3-7-24-8-4-14/h11-12,14-16,24H,1-10H2,(H,25,27,28).